The summed E-state index contributed by atoms with van der Waals surface area (Å²) in [6.45, 7) is 5.50. The molecular weight excluding hydrogens is 220 g/mol. The number of hydrogen-bond donors (Lipinski definition) is 2. The van der Waals surface area contributed by atoms with E-state index in [-0.39, 0.29) is 5.91 Å². The van der Waals surface area contributed by atoms with E-state index >= 15 is 0 Å². The molecule has 0 atom stereocenters. The average molecular weight is 234 g/mol. The summed E-state index contributed by atoms with van der Waals surface area (Å²) in [7, 11) is 0. The van der Waals surface area contributed by atoms with Gasteiger partial charge in [-0.3, -0.25) is 9.78 Å². The van der Waals surface area contributed by atoms with Crippen LogP contribution < -0.4 is 11.1 Å². The molecule has 2 rings (SSSR count). The molecule has 2 N–H and O–H groups in total. The molecule has 0 aliphatic rings. The van der Waals surface area contributed by atoms with Crippen molar-refractivity contribution >= 4 is 22.7 Å². The number of aromatic amines is 1. The van der Waals surface area contributed by atoms with Gasteiger partial charge in [0.05, 0.1) is 5.52 Å². The lowest BCUT2D eigenvalue weighted by Crippen LogP contribution is -2.27. The molecule has 0 spiro atoms. The molecule has 2 aromatic rings. The van der Waals surface area contributed by atoms with Crippen molar-refractivity contribution in [2.45, 2.75) is 20.8 Å². The standard InChI is InChI=1S/C12H14N2O3/c1-12(2,3)10(15)13-7-4-5-9-8(6-7)14-11(16)17-9/h4-6H,1-3H3,(H,13,15)(H,14,16). The third-order valence-corrected chi connectivity index (χ3v) is 2.36. The molecule has 0 bridgehead atoms. The van der Waals surface area contributed by atoms with E-state index in [1.165, 1.54) is 0 Å². The summed E-state index contributed by atoms with van der Waals surface area (Å²) in [4.78, 5) is 25.3. The molecule has 5 heteroatoms. The fourth-order valence-electron chi connectivity index (χ4n) is 1.35. The Bertz CT molecular complexity index is 616. The first kappa shape index (κ1) is 11.4. The van der Waals surface area contributed by atoms with Crippen molar-refractivity contribution < 1.29 is 9.21 Å². The number of fused-ring (bicyclic) bond motifs is 1. The molecule has 1 aromatic carbocycles. The topological polar surface area (TPSA) is 75.1 Å². The second-order valence-electron chi connectivity index (χ2n) is 4.93. The second kappa shape index (κ2) is 3.76. The van der Waals surface area contributed by atoms with Crippen LogP contribution in [0.25, 0.3) is 11.1 Å². The number of carbonyl (C=O) groups excluding carboxylic acids is 1. The highest BCUT2D eigenvalue weighted by atomic mass is 16.4. The van der Waals surface area contributed by atoms with Gasteiger partial charge in [0.2, 0.25) is 5.91 Å². The smallest absolute Gasteiger partial charge is 0.408 e. The van der Waals surface area contributed by atoms with E-state index in [0.29, 0.717) is 16.8 Å². The molecule has 0 fully saturated rings. The van der Waals surface area contributed by atoms with Crippen molar-refractivity contribution in [3.8, 4) is 0 Å². The zero-order chi connectivity index (χ0) is 12.6. The monoisotopic (exact) mass is 234 g/mol. The van der Waals surface area contributed by atoms with Crippen LogP contribution in [-0.4, -0.2) is 10.9 Å². The van der Waals surface area contributed by atoms with Gasteiger partial charge in [0, 0.05) is 11.1 Å². The predicted molar refractivity (Wildman–Crippen MR) is 64.9 cm³/mol. The van der Waals surface area contributed by atoms with Crippen LogP contribution in [0.3, 0.4) is 0 Å². The molecule has 5 nitrogen and oxygen atoms in total. The number of nitrogens with one attached hydrogen (secondary N) is 2. The van der Waals surface area contributed by atoms with Crippen LogP contribution in [0.1, 0.15) is 20.8 Å². The Hall–Kier alpha value is -2.04. The van der Waals surface area contributed by atoms with Gasteiger partial charge in [0.15, 0.2) is 5.58 Å². The molecule has 1 heterocycles. The van der Waals surface area contributed by atoms with Gasteiger partial charge in [-0.2, -0.15) is 0 Å². The number of oxazole rings is 1. The van der Waals surface area contributed by atoms with Crippen LogP contribution in [-0.2, 0) is 4.79 Å². The molecule has 90 valence electrons. The van der Waals surface area contributed by atoms with Gasteiger partial charge in [0.1, 0.15) is 0 Å². The van der Waals surface area contributed by atoms with Gasteiger partial charge >= 0.3 is 5.76 Å². The summed E-state index contributed by atoms with van der Waals surface area (Å²) >= 11 is 0. The van der Waals surface area contributed by atoms with Crippen molar-refractivity contribution in [1.82, 2.24) is 4.98 Å². The van der Waals surface area contributed by atoms with Gasteiger partial charge in [-0.15, -0.1) is 0 Å². The molecule has 17 heavy (non-hydrogen) atoms. The molecule has 0 aliphatic heterocycles. The lowest BCUT2D eigenvalue weighted by Gasteiger charge is -2.17. The third-order valence-electron chi connectivity index (χ3n) is 2.36. The Morgan fingerprint density at radius 3 is 2.71 bits per heavy atom. The van der Waals surface area contributed by atoms with Gasteiger partial charge in [0.25, 0.3) is 0 Å². The highest BCUT2D eigenvalue weighted by Gasteiger charge is 2.21. The molecular formula is C12H14N2O3. The minimum atomic E-state index is -0.501. The van der Waals surface area contributed by atoms with E-state index in [1.807, 2.05) is 20.8 Å². The van der Waals surface area contributed by atoms with Gasteiger partial charge < -0.3 is 9.73 Å². The predicted octanol–water partition coefficient (Wildman–Crippen LogP) is 2.11. The number of rotatable bonds is 1. The summed E-state index contributed by atoms with van der Waals surface area (Å²) in [5.74, 6) is -0.581. The fraction of sp³-hybridized carbons (Fsp3) is 0.333. The number of benzene rings is 1. The minimum absolute atomic E-state index is 0.0808. The minimum Gasteiger partial charge on any atom is -0.408 e. The number of aromatic nitrogens is 1. The van der Waals surface area contributed by atoms with Crippen molar-refractivity contribution in [3.05, 3.63) is 28.7 Å². The molecule has 0 radical (unpaired) electrons. The highest BCUT2D eigenvalue weighted by Crippen LogP contribution is 2.20. The normalized spacial score (nSPS) is 11.7. The number of H-pyrrole nitrogens is 1. The summed E-state index contributed by atoms with van der Waals surface area (Å²) < 4.78 is 4.87. The maximum Gasteiger partial charge on any atom is 0.417 e. The lowest BCUT2D eigenvalue weighted by atomic mass is 9.95. The lowest BCUT2D eigenvalue weighted by molar-refractivity contribution is -0.123. The maximum atomic E-state index is 11.8. The Balaban J connectivity index is 2.31. The van der Waals surface area contributed by atoms with Crippen molar-refractivity contribution in [3.63, 3.8) is 0 Å². The Morgan fingerprint density at radius 1 is 1.35 bits per heavy atom. The zero-order valence-electron chi connectivity index (χ0n) is 9.96. The van der Waals surface area contributed by atoms with Crippen LogP contribution in [0, 0.1) is 5.41 Å². The van der Waals surface area contributed by atoms with Crippen LogP contribution in [0.4, 0.5) is 5.69 Å². The van der Waals surface area contributed by atoms with E-state index in [2.05, 4.69) is 10.3 Å². The second-order valence-corrected chi connectivity index (χ2v) is 4.93. The maximum absolute atomic E-state index is 11.8. The first-order valence-electron chi connectivity index (χ1n) is 5.30. The summed E-state index contributed by atoms with van der Waals surface area (Å²) in [5, 5.41) is 2.78. The zero-order valence-corrected chi connectivity index (χ0v) is 9.96. The van der Waals surface area contributed by atoms with Gasteiger partial charge in [-0.1, -0.05) is 20.8 Å². The van der Waals surface area contributed by atoms with Gasteiger partial charge in [-0.05, 0) is 18.2 Å². The van der Waals surface area contributed by atoms with E-state index in [0.717, 1.165) is 0 Å². The molecule has 1 aromatic heterocycles. The summed E-state index contributed by atoms with van der Waals surface area (Å²) in [6, 6.07) is 5.01. The van der Waals surface area contributed by atoms with E-state index in [9.17, 15) is 9.59 Å². The van der Waals surface area contributed by atoms with E-state index in [1.54, 1.807) is 18.2 Å². The Morgan fingerprint density at radius 2 is 2.06 bits per heavy atom. The number of anilines is 1. The van der Waals surface area contributed by atoms with E-state index < -0.39 is 11.2 Å². The summed E-state index contributed by atoms with van der Waals surface area (Å²) in [5.41, 5.74) is 1.22. The SMILES string of the molecule is CC(C)(C)C(=O)Nc1ccc2oc(=O)[nH]c2c1. The van der Waals surface area contributed by atoms with Crippen LogP contribution in [0.2, 0.25) is 0 Å². The third kappa shape index (κ3) is 2.38. The number of amides is 1. The average Bonchev–Trinajstić information content (AvgIpc) is 2.55. The highest BCUT2D eigenvalue weighted by molar-refractivity contribution is 5.95. The molecule has 0 saturated carbocycles. The summed E-state index contributed by atoms with van der Waals surface area (Å²) in [6.07, 6.45) is 0. The van der Waals surface area contributed by atoms with Crippen molar-refractivity contribution in [2.24, 2.45) is 5.41 Å². The quantitative estimate of drug-likeness (QED) is 0.793. The molecule has 0 unspecified atom stereocenters. The van der Waals surface area contributed by atoms with E-state index in [4.69, 9.17) is 4.42 Å². The van der Waals surface area contributed by atoms with Crippen molar-refractivity contribution in [2.75, 3.05) is 5.32 Å². The molecule has 1 amide bonds. The first-order valence-corrected chi connectivity index (χ1v) is 5.30. The van der Waals surface area contributed by atoms with Crippen LogP contribution in [0.5, 0.6) is 0 Å². The Labute approximate surface area is 97.8 Å². The Kier molecular flexibility index (Phi) is 2.53. The molecule has 0 saturated heterocycles. The first-order chi connectivity index (χ1) is 7.86. The van der Waals surface area contributed by atoms with Gasteiger partial charge in [-0.25, -0.2) is 4.79 Å². The largest absolute Gasteiger partial charge is 0.417 e. The number of carbonyl (C=O) groups is 1. The van der Waals surface area contributed by atoms with Crippen molar-refractivity contribution in [1.29, 1.82) is 0 Å². The fourth-order valence-corrected chi connectivity index (χ4v) is 1.35. The van der Waals surface area contributed by atoms with Crippen LogP contribution in [0.15, 0.2) is 27.4 Å². The molecule has 0 aliphatic carbocycles. The number of hydrogen-bond acceptors (Lipinski definition) is 3. The van der Waals surface area contributed by atoms with Crippen LogP contribution >= 0.6 is 0 Å².